The average molecular weight is 421 g/mol. The lowest BCUT2D eigenvalue weighted by atomic mass is 9.85. The number of aryl methyl sites for hydroxylation is 1. The van der Waals surface area contributed by atoms with Crippen molar-refractivity contribution in [1.82, 2.24) is 9.97 Å². The van der Waals surface area contributed by atoms with Crippen molar-refractivity contribution in [3.63, 3.8) is 0 Å². The Bertz CT molecular complexity index is 875. The molecule has 0 radical (unpaired) electrons. The minimum absolute atomic E-state index is 0.158. The highest BCUT2D eigenvalue weighted by atomic mass is 19.4. The number of rotatable bonds is 5. The van der Waals surface area contributed by atoms with E-state index in [9.17, 15) is 18.0 Å². The average Bonchev–Trinajstić information content (AvgIpc) is 2.69. The summed E-state index contributed by atoms with van der Waals surface area (Å²) in [6, 6.07) is 4.69. The highest BCUT2D eigenvalue weighted by Gasteiger charge is 2.30. The van der Waals surface area contributed by atoms with Gasteiger partial charge in [0.15, 0.2) is 0 Å². The fraction of sp³-hybridized carbons (Fsp3) is 0.476. The van der Waals surface area contributed by atoms with Gasteiger partial charge < -0.3 is 15.5 Å². The molecule has 1 aromatic heterocycles. The highest BCUT2D eigenvalue weighted by molar-refractivity contribution is 5.92. The lowest BCUT2D eigenvalue weighted by Crippen LogP contribution is -2.32. The topological polar surface area (TPSA) is 70.1 Å². The molecule has 0 bridgehead atoms. The zero-order valence-corrected chi connectivity index (χ0v) is 17.3. The number of amides is 1. The van der Waals surface area contributed by atoms with Crippen molar-refractivity contribution >= 4 is 23.4 Å². The molecule has 0 spiro atoms. The number of alkyl halides is 3. The number of carbonyl (C=O) groups excluding carboxylic acids is 1. The zero-order chi connectivity index (χ0) is 21.9. The zero-order valence-electron chi connectivity index (χ0n) is 17.3. The normalized spacial score (nSPS) is 19.3. The van der Waals surface area contributed by atoms with E-state index in [1.807, 2.05) is 25.9 Å². The van der Waals surface area contributed by atoms with Crippen LogP contribution in [-0.4, -0.2) is 36.0 Å². The van der Waals surface area contributed by atoms with E-state index in [1.165, 1.54) is 12.1 Å². The Morgan fingerprint density at radius 2 is 1.73 bits per heavy atom. The maximum atomic E-state index is 12.6. The minimum Gasteiger partial charge on any atom is -0.362 e. The summed E-state index contributed by atoms with van der Waals surface area (Å²) in [6.45, 7) is 1.96. The van der Waals surface area contributed by atoms with Gasteiger partial charge in [-0.05, 0) is 56.9 Å². The molecule has 1 amide bonds. The molecule has 3 rings (SSSR count). The Balaban J connectivity index is 1.51. The van der Waals surface area contributed by atoms with Crippen LogP contribution in [0.4, 0.5) is 30.6 Å². The molecule has 1 fully saturated rings. The third-order valence-corrected chi connectivity index (χ3v) is 5.28. The molecule has 0 saturated heterocycles. The molecular weight excluding hydrogens is 395 g/mol. The third-order valence-electron chi connectivity index (χ3n) is 5.28. The van der Waals surface area contributed by atoms with Gasteiger partial charge in [-0.15, -0.1) is 0 Å². The number of hydrogen-bond acceptors (Lipinski definition) is 5. The van der Waals surface area contributed by atoms with E-state index >= 15 is 0 Å². The fourth-order valence-electron chi connectivity index (χ4n) is 3.62. The lowest BCUT2D eigenvalue weighted by Gasteiger charge is -2.28. The molecule has 2 N–H and O–H groups in total. The van der Waals surface area contributed by atoms with E-state index in [2.05, 4.69) is 20.6 Å². The molecule has 30 heavy (non-hydrogen) atoms. The molecule has 1 aliphatic carbocycles. The van der Waals surface area contributed by atoms with Crippen molar-refractivity contribution < 1.29 is 18.0 Å². The van der Waals surface area contributed by atoms with Crippen molar-refractivity contribution in [1.29, 1.82) is 0 Å². The molecule has 1 aromatic carbocycles. The van der Waals surface area contributed by atoms with Crippen LogP contribution in [0.2, 0.25) is 0 Å². The second-order valence-corrected chi connectivity index (χ2v) is 7.85. The van der Waals surface area contributed by atoms with Crippen molar-refractivity contribution in [3.8, 4) is 0 Å². The first-order chi connectivity index (χ1) is 14.1. The molecule has 0 atom stereocenters. The van der Waals surface area contributed by atoms with Crippen LogP contribution >= 0.6 is 0 Å². The van der Waals surface area contributed by atoms with Gasteiger partial charge in [-0.1, -0.05) is 0 Å². The first-order valence-electron chi connectivity index (χ1n) is 9.89. The van der Waals surface area contributed by atoms with Gasteiger partial charge in [-0.25, -0.2) is 4.98 Å². The highest BCUT2D eigenvalue weighted by Crippen LogP contribution is 2.31. The van der Waals surface area contributed by atoms with Crippen LogP contribution in [0.3, 0.4) is 0 Å². The second-order valence-electron chi connectivity index (χ2n) is 7.85. The number of benzene rings is 1. The molecule has 9 heteroatoms. The number of carbonyl (C=O) groups is 1. The molecule has 0 unspecified atom stereocenters. The van der Waals surface area contributed by atoms with Crippen molar-refractivity contribution in [3.05, 3.63) is 41.6 Å². The number of anilines is 3. The number of nitrogens with one attached hydrogen (secondary N) is 2. The van der Waals surface area contributed by atoms with Crippen molar-refractivity contribution in [2.45, 2.75) is 44.8 Å². The Labute approximate surface area is 173 Å². The summed E-state index contributed by atoms with van der Waals surface area (Å²) < 4.78 is 37.9. The monoisotopic (exact) mass is 421 g/mol. The van der Waals surface area contributed by atoms with Gasteiger partial charge in [0.2, 0.25) is 11.9 Å². The van der Waals surface area contributed by atoms with E-state index in [-0.39, 0.29) is 17.9 Å². The summed E-state index contributed by atoms with van der Waals surface area (Å²) in [5.74, 6) is 1.11. The number of hydrogen-bond donors (Lipinski definition) is 2. The Morgan fingerprint density at radius 1 is 1.10 bits per heavy atom. The van der Waals surface area contributed by atoms with Crippen LogP contribution in [0, 0.1) is 12.8 Å². The third kappa shape index (κ3) is 5.40. The second kappa shape index (κ2) is 8.89. The smallest absolute Gasteiger partial charge is 0.362 e. The molecule has 1 heterocycles. The van der Waals surface area contributed by atoms with Crippen LogP contribution in [0.25, 0.3) is 0 Å². The number of halogens is 3. The number of nitrogens with zero attached hydrogens (tertiary/aromatic N) is 3. The summed E-state index contributed by atoms with van der Waals surface area (Å²) in [6.07, 6.45) is 0.364. The van der Waals surface area contributed by atoms with Gasteiger partial charge >= 0.3 is 6.18 Å². The number of aromatic nitrogens is 2. The van der Waals surface area contributed by atoms with Crippen LogP contribution in [0.15, 0.2) is 30.5 Å². The van der Waals surface area contributed by atoms with Gasteiger partial charge in [-0.3, -0.25) is 4.79 Å². The summed E-state index contributed by atoms with van der Waals surface area (Å²) in [5, 5.41) is 6.07. The van der Waals surface area contributed by atoms with E-state index in [1.54, 1.807) is 6.20 Å². The molecule has 1 aliphatic rings. The largest absolute Gasteiger partial charge is 0.416 e. The van der Waals surface area contributed by atoms with Crippen molar-refractivity contribution in [2.24, 2.45) is 5.92 Å². The standard InChI is InChI=1S/C21H26F3N5O/c1-13-12-25-20(28-18(13)29(2)3)27-17-8-4-14(5-9-17)19(30)26-16-10-6-15(7-11-16)21(22,23)24/h6-7,10-12,14,17H,4-5,8-9H2,1-3H3,(H,26,30)(H,25,27,28)/t14-,17+. The molecule has 2 aromatic rings. The van der Waals surface area contributed by atoms with Gasteiger partial charge in [0, 0.05) is 43.5 Å². The first kappa shape index (κ1) is 21.9. The van der Waals surface area contributed by atoms with E-state index in [0.29, 0.717) is 24.5 Å². The van der Waals surface area contributed by atoms with Gasteiger partial charge in [0.1, 0.15) is 5.82 Å². The van der Waals surface area contributed by atoms with Crippen LogP contribution < -0.4 is 15.5 Å². The van der Waals surface area contributed by atoms with Crippen molar-refractivity contribution in [2.75, 3.05) is 29.6 Å². The fourth-order valence-corrected chi connectivity index (χ4v) is 3.62. The summed E-state index contributed by atoms with van der Waals surface area (Å²) in [7, 11) is 3.86. The summed E-state index contributed by atoms with van der Waals surface area (Å²) in [4.78, 5) is 23.3. The first-order valence-corrected chi connectivity index (χ1v) is 9.89. The minimum atomic E-state index is -4.39. The Kier molecular flexibility index (Phi) is 6.48. The molecule has 162 valence electrons. The maximum absolute atomic E-state index is 12.6. The van der Waals surface area contributed by atoms with Crippen LogP contribution in [0.5, 0.6) is 0 Å². The quantitative estimate of drug-likeness (QED) is 0.745. The molecule has 1 saturated carbocycles. The van der Waals surface area contributed by atoms with Gasteiger partial charge in [0.05, 0.1) is 5.56 Å². The summed E-state index contributed by atoms with van der Waals surface area (Å²) >= 11 is 0. The van der Waals surface area contributed by atoms with Crippen LogP contribution in [0.1, 0.15) is 36.8 Å². The van der Waals surface area contributed by atoms with E-state index in [4.69, 9.17) is 0 Å². The van der Waals surface area contributed by atoms with Crippen LogP contribution in [-0.2, 0) is 11.0 Å². The molecule has 0 aliphatic heterocycles. The lowest BCUT2D eigenvalue weighted by molar-refractivity contribution is -0.137. The maximum Gasteiger partial charge on any atom is 0.416 e. The van der Waals surface area contributed by atoms with Gasteiger partial charge in [-0.2, -0.15) is 18.2 Å². The SMILES string of the molecule is Cc1cnc(N[C@H]2CC[C@@H](C(=O)Nc3ccc(C(F)(F)F)cc3)CC2)nc1N(C)C. The van der Waals surface area contributed by atoms with E-state index in [0.717, 1.165) is 36.4 Å². The predicted octanol–water partition coefficient (Wildman–Crippen LogP) is 4.48. The Morgan fingerprint density at radius 3 is 2.30 bits per heavy atom. The van der Waals surface area contributed by atoms with Gasteiger partial charge in [0.25, 0.3) is 0 Å². The molecular formula is C21H26F3N5O. The molecule has 6 nitrogen and oxygen atoms in total. The summed E-state index contributed by atoms with van der Waals surface area (Å²) in [5.41, 5.74) is 0.634. The van der Waals surface area contributed by atoms with E-state index < -0.39 is 11.7 Å². The Hall–Kier alpha value is -2.84. The predicted molar refractivity (Wildman–Crippen MR) is 111 cm³/mol.